The van der Waals surface area contributed by atoms with Gasteiger partial charge < -0.3 is 5.73 Å². The van der Waals surface area contributed by atoms with Crippen LogP contribution in [-0.2, 0) is 0 Å². The second-order valence-electron chi connectivity index (χ2n) is 3.70. The van der Waals surface area contributed by atoms with Gasteiger partial charge in [-0.05, 0) is 23.6 Å². The molecule has 0 radical (unpaired) electrons. The van der Waals surface area contributed by atoms with Gasteiger partial charge in [-0.15, -0.1) is 11.3 Å². The van der Waals surface area contributed by atoms with Crippen LogP contribution in [0.15, 0.2) is 35.8 Å². The Hall–Kier alpha value is -0.900. The third-order valence-electron chi connectivity index (χ3n) is 2.64. The number of nitrogens with two attached hydrogens (primary N) is 1. The molecular formula is C12H13ClN2S. The number of rotatable bonds is 3. The van der Waals surface area contributed by atoms with E-state index in [4.69, 9.17) is 17.3 Å². The van der Waals surface area contributed by atoms with Gasteiger partial charge in [-0.1, -0.05) is 24.6 Å². The van der Waals surface area contributed by atoms with Crippen molar-refractivity contribution in [2.45, 2.75) is 18.9 Å². The Bertz CT molecular complexity index is 455. The molecule has 2 rings (SSSR count). The van der Waals surface area contributed by atoms with Gasteiger partial charge >= 0.3 is 0 Å². The lowest BCUT2D eigenvalue weighted by molar-refractivity contribution is 0.593. The molecule has 0 spiro atoms. The Morgan fingerprint density at radius 3 is 2.75 bits per heavy atom. The highest BCUT2D eigenvalue weighted by atomic mass is 35.5. The van der Waals surface area contributed by atoms with Crippen molar-refractivity contribution in [3.63, 3.8) is 0 Å². The minimum absolute atomic E-state index is 0.0950. The maximum atomic E-state index is 6.20. The summed E-state index contributed by atoms with van der Waals surface area (Å²) in [5.74, 6) is 0.164. The molecule has 2 nitrogen and oxygen atoms in total. The average Bonchev–Trinajstić information content (AvgIpc) is 2.75. The molecule has 0 aliphatic rings. The summed E-state index contributed by atoms with van der Waals surface area (Å²) in [6.07, 6.45) is 1.79. The Morgan fingerprint density at radius 1 is 1.38 bits per heavy atom. The number of aromatic nitrogens is 1. The zero-order valence-electron chi connectivity index (χ0n) is 8.93. The van der Waals surface area contributed by atoms with Crippen molar-refractivity contribution in [1.29, 1.82) is 0 Å². The molecule has 0 saturated carbocycles. The van der Waals surface area contributed by atoms with Crippen molar-refractivity contribution in [3.8, 4) is 0 Å². The van der Waals surface area contributed by atoms with Crippen LogP contribution in [0.3, 0.4) is 0 Å². The number of pyridine rings is 1. The molecule has 2 heterocycles. The van der Waals surface area contributed by atoms with E-state index in [0.717, 1.165) is 15.6 Å². The van der Waals surface area contributed by atoms with E-state index < -0.39 is 0 Å². The molecule has 0 bridgehead atoms. The maximum Gasteiger partial charge on any atom is 0.0561 e. The molecule has 2 N–H and O–H groups in total. The smallest absolute Gasteiger partial charge is 0.0561 e. The van der Waals surface area contributed by atoms with Crippen LogP contribution in [0.4, 0.5) is 0 Å². The van der Waals surface area contributed by atoms with Gasteiger partial charge in [0.15, 0.2) is 0 Å². The molecule has 2 unspecified atom stereocenters. The minimum atomic E-state index is -0.0950. The van der Waals surface area contributed by atoms with Crippen molar-refractivity contribution in [1.82, 2.24) is 4.98 Å². The summed E-state index contributed by atoms with van der Waals surface area (Å²) >= 11 is 7.67. The van der Waals surface area contributed by atoms with Crippen LogP contribution in [-0.4, -0.2) is 4.98 Å². The first-order valence-electron chi connectivity index (χ1n) is 5.09. The van der Waals surface area contributed by atoms with E-state index in [0.29, 0.717) is 0 Å². The fraction of sp³-hybridized carbons (Fsp3) is 0.250. The quantitative estimate of drug-likeness (QED) is 0.907. The molecule has 0 fully saturated rings. The van der Waals surface area contributed by atoms with Gasteiger partial charge in [-0.3, -0.25) is 4.98 Å². The summed E-state index contributed by atoms with van der Waals surface area (Å²) in [6, 6.07) is 7.66. The summed E-state index contributed by atoms with van der Waals surface area (Å²) in [6.45, 7) is 2.07. The predicted molar refractivity (Wildman–Crippen MR) is 68.9 cm³/mol. The minimum Gasteiger partial charge on any atom is -0.323 e. The standard InChI is InChI=1S/C12H13ClN2S/c1-8(10-4-2-3-6-15-10)11(14)12-9(13)5-7-16-12/h2-8,11H,14H2,1H3. The fourth-order valence-corrected chi connectivity index (χ4v) is 2.89. The van der Waals surface area contributed by atoms with Crippen LogP contribution in [0.1, 0.15) is 29.5 Å². The highest BCUT2D eigenvalue weighted by Gasteiger charge is 2.20. The second kappa shape index (κ2) is 4.95. The molecule has 84 valence electrons. The molecule has 2 aromatic heterocycles. The Kier molecular flexibility index (Phi) is 3.59. The topological polar surface area (TPSA) is 38.9 Å². The van der Waals surface area contributed by atoms with E-state index in [-0.39, 0.29) is 12.0 Å². The molecule has 0 aliphatic carbocycles. The largest absolute Gasteiger partial charge is 0.323 e. The van der Waals surface area contributed by atoms with Gasteiger partial charge in [0.2, 0.25) is 0 Å². The van der Waals surface area contributed by atoms with Crippen molar-refractivity contribution in [2.75, 3.05) is 0 Å². The average molecular weight is 253 g/mol. The maximum absolute atomic E-state index is 6.20. The van der Waals surface area contributed by atoms with Crippen molar-refractivity contribution >= 4 is 22.9 Å². The van der Waals surface area contributed by atoms with Gasteiger partial charge in [0, 0.05) is 28.7 Å². The normalized spacial score (nSPS) is 14.7. The summed E-state index contributed by atoms with van der Waals surface area (Å²) < 4.78 is 0. The highest BCUT2D eigenvalue weighted by Crippen LogP contribution is 2.34. The molecule has 2 atom stereocenters. The molecule has 16 heavy (non-hydrogen) atoms. The molecule has 2 aromatic rings. The van der Waals surface area contributed by atoms with Crippen molar-refractivity contribution in [3.05, 3.63) is 51.4 Å². The van der Waals surface area contributed by atoms with E-state index in [2.05, 4.69) is 11.9 Å². The third-order valence-corrected chi connectivity index (χ3v) is 4.10. The lowest BCUT2D eigenvalue weighted by Crippen LogP contribution is -2.17. The summed E-state index contributed by atoms with van der Waals surface area (Å²) in [5, 5.41) is 2.71. The molecule has 4 heteroatoms. The monoisotopic (exact) mass is 252 g/mol. The van der Waals surface area contributed by atoms with Crippen LogP contribution in [0, 0.1) is 0 Å². The SMILES string of the molecule is CC(c1ccccn1)C(N)c1sccc1Cl. The predicted octanol–water partition coefficient (Wildman–Crippen LogP) is 3.60. The number of hydrogen-bond donors (Lipinski definition) is 1. The van der Waals surface area contributed by atoms with E-state index >= 15 is 0 Å². The first-order valence-corrected chi connectivity index (χ1v) is 6.35. The van der Waals surface area contributed by atoms with Crippen molar-refractivity contribution in [2.24, 2.45) is 5.73 Å². The lowest BCUT2D eigenvalue weighted by Gasteiger charge is -2.18. The van der Waals surface area contributed by atoms with Crippen LogP contribution in [0.2, 0.25) is 5.02 Å². The molecule has 0 amide bonds. The van der Waals surface area contributed by atoms with Gasteiger partial charge in [0.1, 0.15) is 0 Å². The number of halogens is 1. The lowest BCUT2D eigenvalue weighted by atomic mass is 9.97. The van der Waals surface area contributed by atoms with Crippen LogP contribution in [0.5, 0.6) is 0 Å². The van der Waals surface area contributed by atoms with E-state index in [1.165, 1.54) is 0 Å². The van der Waals surface area contributed by atoms with Gasteiger partial charge in [-0.2, -0.15) is 0 Å². The van der Waals surface area contributed by atoms with Gasteiger partial charge in [0.05, 0.1) is 5.02 Å². The zero-order chi connectivity index (χ0) is 11.5. The third kappa shape index (κ3) is 2.26. The number of nitrogens with zero attached hydrogens (tertiary/aromatic N) is 1. The fourth-order valence-electron chi connectivity index (χ4n) is 1.60. The van der Waals surface area contributed by atoms with Crippen molar-refractivity contribution < 1.29 is 0 Å². The molecule has 0 aromatic carbocycles. The first-order chi connectivity index (χ1) is 7.70. The Labute approximate surface area is 104 Å². The Balaban J connectivity index is 2.23. The zero-order valence-corrected chi connectivity index (χ0v) is 10.5. The van der Waals surface area contributed by atoms with E-state index in [1.807, 2.05) is 29.6 Å². The van der Waals surface area contributed by atoms with Gasteiger partial charge in [0.25, 0.3) is 0 Å². The second-order valence-corrected chi connectivity index (χ2v) is 5.06. The summed E-state index contributed by atoms with van der Waals surface area (Å²) in [5.41, 5.74) is 7.20. The van der Waals surface area contributed by atoms with Crippen LogP contribution >= 0.6 is 22.9 Å². The van der Waals surface area contributed by atoms with Crippen LogP contribution in [0.25, 0.3) is 0 Å². The Morgan fingerprint density at radius 2 is 2.19 bits per heavy atom. The molecule has 0 aliphatic heterocycles. The number of thiophene rings is 1. The molecule has 0 saturated heterocycles. The van der Waals surface area contributed by atoms with E-state index in [9.17, 15) is 0 Å². The molecular weight excluding hydrogens is 240 g/mol. The van der Waals surface area contributed by atoms with Gasteiger partial charge in [-0.25, -0.2) is 0 Å². The first kappa shape index (κ1) is 11.6. The summed E-state index contributed by atoms with van der Waals surface area (Å²) in [4.78, 5) is 5.35. The number of hydrogen-bond acceptors (Lipinski definition) is 3. The highest BCUT2D eigenvalue weighted by molar-refractivity contribution is 7.10. The van der Waals surface area contributed by atoms with E-state index in [1.54, 1.807) is 17.5 Å². The van der Waals surface area contributed by atoms with Crippen LogP contribution < -0.4 is 5.73 Å². The summed E-state index contributed by atoms with van der Waals surface area (Å²) in [7, 11) is 0.